The third-order valence-electron chi connectivity index (χ3n) is 4.90. The first-order valence-corrected chi connectivity index (χ1v) is 10.4. The van der Waals surface area contributed by atoms with Gasteiger partial charge < -0.3 is 9.84 Å². The fourth-order valence-electron chi connectivity index (χ4n) is 3.31. The zero-order valence-corrected chi connectivity index (χ0v) is 17.8. The number of Topliss-reactive ketones (excluding diaryl/α,β-unsaturated/α-hetero) is 1. The zero-order valence-electron chi connectivity index (χ0n) is 16.2. The number of carbonyl (C=O) groups is 1. The van der Waals surface area contributed by atoms with Crippen molar-refractivity contribution in [3.63, 3.8) is 0 Å². The fraction of sp³-hybridized carbons (Fsp3) is 0.409. The minimum Gasteiger partial charge on any atom is -0.491 e. The quantitative estimate of drug-likeness (QED) is 0.631. The van der Waals surface area contributed by atoms with Crippen molar-refractivity contribution in [3.8, 4) is 5.75 Å². The van der Waals surface area contributed by atoms with Crippen LogP contribution in [0.3, 0.4) is 0 Å². The molecule has 1 heterocycles. The van der Waals surface area contributed by atoms with E-state index in [1.165, 1.54) is 0 Å². The third-order valence-corrected chi connectivity index (χ3v) is 5.43. The van der Waals surface area contributed by atoms with Crippen LogP contribution < -0.4 is 4.74 Å². The molecular formula is C22H27BrN2O3. The van der Waals surface area contributed by atoms with E-state index in [4.69, 9.17) is 4.74 Å². The van der Waals surface area contributed by atoms with E-state index in [1.54, 1.807) is 0 Å². The van der Waals surface area contributed by atoms with E-state index >= 15 is 0 Å². The van der Waals surface area contributed by atoms with E-state index in [2.05, 4.69) is 25.7 Å². The Bertz CT molecular complexity index is 774. The Morgan fingerprint density at radius 3 is 2.46 bits per heavy atom. The molecule has 1 fully saturated rings. The molecule has 2 aromatic carbocycles. The number of nitrogens with zero attached hydrogens (tertiary/aromatic N) is 2. The van der Waals surface area contributed by atoms with Crippen LogP contribution in [-0.2, 0) is 0 Å². The van der Waals surface area contributed by atoms with Gasteiger partial charge in [0.05, 0.1) is 6.54 Å². The first-order valence-electron chi connectivity index (χ1n) is 9.60. The number of aliphatic hydroxyl groups is 1. The highest BCUT2D eigenvalue weighted by molar-refractivity contribution is 9.10. The van der Waals surface area contributed by atoms with Crippen molar-refractivity contribution < 1.29 is 14.6 Å². The number of ether oxygens (including phenoxy) is 1. The van der Waals surface area contributed by atoms with Crippen LogP contribution in [-0.4, -0.2) is 72.7 Å². The number of hydrogen-bond donors (Lipinski definition) is 1. The van der Waals surface area contributed by atoms with Crippen LogP contribution in [0.1, 0.15) is 15.9 Å². The Balaban J connectivity index is 1.37. The second-order valence-electron chi connectivity index (χ2n) is 7.29. The number of rotatable bonds is 8. The average Bonchev–Trinajstić information content (AvgIpc) is 2.68. The number of benzene rings is 2. The Labute approximate surface area is 175 Å². The van der Waals surface area contributed by atoms with Gasteiger partial charge in [0.1, 0.15) is 18.5 Å². The van der Waals surface area contributed by atoms with Gasteiger partial charge in [0.25, 0.3) is 0 Å². The van der Waals surface area contributed by atoms with E-state index in [9.17, 15) is 9.90 Å². The van der Waals surface area contributed by atoms with Crippen molar-refractivity contribution in [3.05, 3.63) is 64.1 Å². The minimum absolute atomic E-state index is 0.146. The van der Waals surface area contributed by atoms with Crippen molar-refractivity contribution in [2.75, 3.05) is 45.9 Å². The Kier molecular flexibility index (Phi) is 7.62. The summed E-state index contributed by atoms with van der Waals surface area (Å²) in [6.07, 6.45) is -0.531. The number of halogens is 1. The molecule has 0 aliphatic carbocycles. The molecule has 0 radical (unpaired) electrons. The predicted molar refractivity (Wildman–Crippen MR) is 114 cm³/mol. The van der Waals surface area contributed by atoms with Crippen molar-refractivity contribution in [1.82, 2.24) is 9.80 Å². The van der Waals surface area contributed by atoms with E-state index < -0.39 is 6.10 Å². The number of piperazine rings is 1. The number of aryl methyl sites for hydroxylation is 1. The SMILES string of the molecule is Cc1cccc(OC[C@H](O)CN2CCN(CC(=O)c3ccc(Br)cc3)CC2)c1. The van der Waals surface area contributed by atoms with Gasteiger partial charge in [-0.15, -0.1) is 0 Å². The fourth-order valence-corrected chi connectivity index (χ4v) is 3.57. The molecule has 0 amide bonds. The summed E-state index contributed by atoms with van der Waals surface area (Å²) in [7, 11) is 0. The van der Waals surface area contributed by atoms with Crippen LogP contribution >= 0.6 is 15.9 Å². The lowest BCUT2D eigenvalue weighted by molar-refractivity contribution is 0.0451. The highest BCUT2D eigenvalue weighted by Crippen LogP contribution is 2.14. The lowest BCUT2D eigenvalue weighted by Gasteiger charge is -2.35. The lowest BCUT2D eigenvalue weighted by atomic mass is 10.1. The summed E-state index contributed by atoms with van der Waals surface area (Å²) in [5, 5.41) is 10.3. The van der Waals surface area contributed by atoms with Gasteiger partial charge in [0.2, 0.25) is 0 Å². The monoisotopic (exact) mass is 446 g/mol. The topological polar surface area (TPSA) is 53.0 Å². The summed E-state index contributed by atoms with van der Waals surface area (Å²) < 4.78 is 6.66. The van der Waals surface area contributed by atoms with Gasteiger partial charge in [0, 0.05) is 42.8 Å². The first-order chi connectivity index (χ1) is 13.5. The minimum atomic E-state index is -0.531. The van der Waals surface area contributed by atoms with Crippen LogP contribution in [0.4, 0.5) is 0 Å². The molecule has 1 aliphatic heterocycles. The number of hydrogen-bond acceptors (Lipinski definition) is 5. The summed E-state index contributed by atoms with van der Waals surface area (Å²) in [5.41, 5.74) is 1.88. The summed E-state index contributed by atoms with van der Waals surface area (Å²) in [6.45, 7) is 6.66. The number of ketones is 1. The Hall–Kier alpha value is -1.73. The van der Waals surface area contributed by atoms with Gasteiger partial charge in [-0.1, -0.05) is 40.2 Å². The Morgan fingerprint density at radius 2 is 1.79 bits per heavy atom. The molecule has 150 valence electrons. The summed E-state index contributed by atoms with van der Waals surface area (Å²) in [6, 6.07) is 15.3. The van der Waals surface area contributed by atoms with Crippen LogP contribution in [0.2, 0.25) is 0 Å². The molecular weight excluding hydrogens is 420 g/mol. The molecule has 0 unspecified atom stereocenters. The van der Waals surface area contributed by atoms with Gasteiger partial charge in [-0.2, -0.15) is 0 Å². The van der Waals surface area contributed by atoms with E-state index in [0.717, 1.165) is 47.5 Å². The molecule has 1 atom stereocenters. The number of carbonyl (C=O) groups excluding carboxylic acids is 1. The molecule has 0 saturated carbocycles. The maximum Gasteiger partial charge on any atom is 0.176 e. The second-order valence-corrected chi connectivity index (χ2v) is 8.20. The largest absolute Gasteiger partial charge is 0.491 e. The molecule has 0 spiro atoms. The molecule has 1 saturated heterocycles. The van der Waals surface area contributed by atoms with Crippen LogP contribution in [0, 0.1) is 6.92 Å². The number of β-amino-alcohol motifs (C(OH)–C–C–N with tert-alkyl or cyclic N) is 1. The molecule has 28 heavy (non-hydrogen) atoms. The van der Waals surface area contributed by atoms with Gasteiger partial charge in [-0.05, 0) is 36.8 Å². The highest BCUT2D eigenvalue weighted by atomic mass is 79.9. The second kappa shape index (κ2) is 10.2. The van der Waals surface area contributed by atoms with Crippen LogP contribution in [0.25, 0.3) is 0 Å². The molecule has 2 aromatic rings. The average molecular weight is 447 g/mol. The summed E-state index contributed by atoms with van der Waals surface area (Å²) >= 11 is 3.39. The van der Waals surface area contributed by atoms with Crippen molar-refractivity contribution in [2.45, 2.75) is 13.0 Å². The standard InChI is InChI=1S/C22H27BrN2O3/c1-17-3-2-4-21(13-17)28-16-20(26)14-24-9-11-25(12-10-24)15-22(27)18-5-7-19(23)8-6-18/h2-8,13,20,26H,9-12,14-16H2,1H3/t20-/m1/s1. The maximum atomic E-state index is 12.4. The third kappa shape index (κ3) is 6.41. The van der Waals surface area contributed by atoms with E-state index in [0.29, 0.717) is 13.1 Å². The summed E-state index contributed by atoms with van der Waals surface area (Å²) in [5.74, 6) is 0.933. The van der Waals surface area contributed by atoms with E-state index in [1.807, 2.05) is 55.5 Å². The predicted octanol–water partition coefficient (Wildman–Crippen LogP) is 3.00. The molecule has 3 rings (SSSR count). The van der Waals surface area contributed by atoms with Gasteiger partial charge in [-0.3, -0.25) is 14.6 Å². The van der Waals surface area contributed by atoms with Gasteiger partial charge in [0.15, 0.2) is 5.78 Å². The highest BCUT2D eigenvalue weighted by Gasteiger charge is 2.21. The lowest BCUT2D eigenvalue weighted by Crippen LogP contribution is -2.50. The number of aliphatic hydroxyl groups excluding tert-OH is 1. The van der Waals surface area contributed by atoms with Gasteiger partial charge >= 0.3 is 0 Å². The normalized spacial score (nSPS) is 16.7. The molecule has 0 bridgehead atoms. The van der Waals surface area contributed by atoms with E-state index in [-0.39, 0.29) is 12.4 Å². The van der Waals surface area contributed by atoms with Gasteiger partial charge in [-0.25, -0.2) is 0 Å². The van der Waals surface area contributed by atoms with Crippen molar-refractivity contribution in [2.24, 2.45) is 0 Å². The smallest absolute Gasteiger partial charge is 0.176 e. The molecule has 5 nitrogen and oxygen atoms in total. The molecule has 6 heteroatoms. The van der Waals surface area contributed by atoms with Crippen LogP contribution in [0.5, 0.6) is 5.75 Å². The molecule has 0 aromatic heterocycles. The molecule has 1 aliphatic rings. The molecule has 1 N–H and O–H groups in total. The Morgan fingerprint density at radius 1 is 1.11 bits per heavy atom. The zero-order chi connectivity index (χ0) is 19.9. The first kappa shape index (κ1) is 21.0. The maximum absolute atomic E-state index is 12.4. The van der Waals surface area contributed by atoms with Crippen molar-refractivity contribution in [1.29, 1.82) is 0 Å². The summed E-state index contributed by atoms with van der Waals surface area (Å²) in [4.78, 5) is 16.8. The van der Waals surface area contributed by atoms with Crippen LogP contribution in [0.15, 0.2) is 53.0 Å². The van der Waals surface area contributed by atoms with Crippen molar-refractivity contribution >= 4 is 21.7 Å².